The molecule has 2 N–H and O–H groups in total. The summed E-state index contributed by atoms with van der Waals surface area (Å²) in [6.45, 7) is 1.93. The van der Waals surface area contributed by atoms with E-state index in [9.17, 15) is 0 Å². The lowest BCUT2D eigenvalue weighted by atomic mass is 10.0. The number of hydrogen-bond donors (Lipinski definition) is 2. The van der Waals surface area contributed by atoms with Gasteiger partial charge in [0, 0.05) is 0 Å². The molecule has 4 heteroatoms. The molecule has 0 saturated carbocycles. The smallest absolute Gasteiger partial charge is 0.0848 e. The molecule has 0 fully saturated rings. The number of nitrogens with one attached hydrogen (secondary N) is 1. The average Bonchev–Trinajstić information content (AvgIpc) is 2.30. The van der Waals surface area contributed by atoms with Crippen LogP contribution in [-0.2, 0) is 0 Å². The molecule has 1 aromatic carbocycles. The first-order valence-electron chi connectivity index (χ1n) is 4.63. The van der Waals surface area contributed by atoms with Gasteiger partial charge < -0.3 is 5.21 Å². The van der Waals surface area contributed by atoms with Crippen LogP contribution < -0.4 is 5.32 Å². The SMILES string of the molecule is C/C(=N\O)C(NCC#N)c1ccccc1. The molecule has 0 aliphatic carbocycles. The zero-order chi connectivity index (χ0) is 11.1. The summed E-state index contributed by atoms with van der Waals surface area (Å²) in [6, 6.07) is 11.3. The van der Waals surface area contributed by atoms with Gasteiger partial charge in [-0.15, -0.1) is 0 Å². The summed E-state index contributed by atoms with van der Waals surface area (Å²) < 4.78 is 0. The number of rotatable bonds is 4. The Kier molecular flexibility index (Phi) is 4.32. The summed E-state index contributed by atoms with van der Waals surface area (Å²) >= 11 is 0. The zero-order valence-electron chi connectivity index (χ0n) is 8.51. The normalized spacial score (nSPS) is 13.2. The van der Waals surface area contributed by atoms with Crippen LogP contribution in [0, 0.1) is 11.3 Å². The van der Waals surface area contributed by atoms with Crippen molar-refractivity contribution >= 4 is 5.71 Å². The Labute approximate surface area is 88.8 Å². The van der Waals surface area contributed by atoms with Gasteiger partial charge in [0.25, 0.3) is 0 Å². The molecule has 1 unspecified atom stereocenters. The first-order chi connectivity index (χ1) is 7.29. The quantitative estimate of drug-likeness (QED) is 0.338. The second-order valence-corrected chi connectivity index (χ2v) is 3.12. The Balaban J connectivity index is 2.87. The van der Waals surface area contributed by atoms with Crippen LogP contribution in [0.5, 0.6) is 0 Å². The van der Waals surface area contributed by atoms with E-state index in [1.165, 1.54) is 0 Å². The second kappa shape index (κ2) is 5.78. The van der Waals surface area contributed by atoms with E-state index in [-0.39, 0.29) is 12.6 Å². The molecule has 0 heterocycles. The number of benzene rings is 1. The Bertz CT molecular complexity index is 367. The molecule has 4 nitrogen and oxygen atoms in total. The molecular weight excluding hydrogens is 190 g/mol. The van der Waals surface area contributed by atoms with Crippen molar-refractivity contribution in [2.24, 2.45) is 5.16 Å². The second-order valence-electron chi connectivity index (χ2n) is 3.12. The maximum atomic E-state index is 8.73. The van der Waals surface area contributed by atoms with E-state index >= 15 is 0 Å². The minimum absolute atomic E-state index is 0.212. The highest BCUT2D eigenvalue weighted by atomic mass is 16.4. The molecule has 0 saturated heterocycles. The van der Waals surface area contributed by atoms with Gasteiger partial charge in [-0.05, 0) is 12.5 Å². The van der Waals surface area contributed by atoms with Crippen molar-refractivity contribution < 1.29 is 5.21 Å². The molecule has 1 aromatic rings. The first kappa shape index (κ1) is 11.2. The van der Waals surface area contributed by atoms with Crippen LogP contribution in [0.25, 0.3) is 0 Å². The van der Waals surface area contributed by atoms with Gasteiger partial charge in [0.2, 0.25) is 0 Å². The summed E-state index contributed by atoms with van der Waals surface area (Å²) in [5.41, 5.74) is 1.51. The number of nitriles is 1. The van der Waals surface area contributed by atoms with Crippen LogP contribution in [0.4, 0.5) is 0 Å². The van der Waals surface area contributed by atoms with Crippen molar-refractivity contribution in [2.45, 2.75) is 13.0 Å². The third kappa shape index (κ3) is 3.08. The molecule has 1 atom stereocenters. The predicted molar refractivity (Wildman–Crippen MR) is 57.7 cm³/mol. The van der Waals surface area contributed by atoms with Crippen molar-refractivity contribution in [1.29, 1.82) is 5.26 Å². The van der Waals surface area contributed by atoms with Gasteiger partial charge in [0.15, 0.2) is 0 Å². The molecule has 0 aliphatic heterocycles. The summed E-state index contributed by atoms with van der Waals surface area (Å²) in [6.07, 6.45) is 0. The highest BCUT2D eigenvalue weighted by molar-refractivity contribution is 5.87. The lowest BCUT2D eigenvalue weighted by Gasteiger charge is -2.16. The third-order valence-corrected chi connectivity index (χ3v) is 2.09. The van der Waals surface area contributed by atoms with E-state index in [2.05, 4.69) is 10.5 Å². The fraction of sp³-hybridized carbons (Fsp3) is 0.273. The molecule has 0 spiro atoms. The maximum absolute atomic E-state index is 8.73. The summed E-state index contributed by atoms with van der Waals surface area (Å²) in [4.78, 5) is 0. The van der Waals surface area contributed by atoms with Gasteiger partial charge in [0.1, 0.15) is 0 Å². The van der Waals surface area contributed by atoms with Crippen LogP contribution in [0.1, 0.15) is 18.5 Å². The van der Waals surface area contributed by atoms with E-state index in [0.29, 0.717) is 5.71 Å². The van der Waals surface area contributed by atoms with Gasteiger partial charge in [-0.3, -0.25) is 5.32 Å². The van der Waals surface area contributed by atoms with E-state index in [4.69, 9.17) is 10.5 Å². The van der Waals surface area contributed by atoms with Gasteiger partial charge in [-0.2, -0.15) is 5.26 Å². The average molecular weight is 203 g/mol. The van der Waals surface area contributed by atoms with Gasteiger partial charge in [-0.1, -0.05) is 35.5 Å². The van der Waals surface area contributed by atoms with Crippen molar-refractivity contribution in [3.8, 4) is 6.07 Å². The van der Waals surface area contributed by atoms with Gasteiger partial charge in [-0.25, -0.2) is 0 Å². The molecule has 78 valence electrons. The van der Waals surface area contributed by atoms with E-state index in [1.54, 1.807) is 6.92 Å². The molecule has 1 rings (SSSR count). The molecule has 0 aromatic heterocycles. The highest BCUT2D eigenvalue weighted by Crippen LogP contribution is 2.13. The van der Waals surface area contributed by atoms with Crippen molar-refractivity contribution in [3.63, 3.8) is 0 Å². The molecule has 0 radical (unpaired) electrons. The van der Waals surface area contributed by atoms with Crippen molar-refractivity contribution in [3.05, 3.63) is 35.9 Å². The number of nitrogens with zero attached hydrogens (tertiary/aromatic N) is 2. The van der Waals surface area contributed by atoms with Crippen molar-refractivity contribution in [1.82, 2.24) is 5.32 Å². The summed E-state index contributed by atoms with van der Waals surface area (Å²) in [5.74, 6) is 0. The molecule has 15 heavy (non-hydrogen) atoms. The van der Waals surface area contributed by atoms with Crippen LogP contribution in [0.3, 0.4) is 0 Å². The first-order valence-corrected chi connectivity index (χ1v) is 4.63. The molecule has 0 amide bonds. The standard InChI is InChI=1S/C11H13N3O/c1-9(14-15)11(13-8-7-12)10-5-3-2-4-6-10/h2-6,11,13,15H,8H2,1H3/b14-9+. The zero-order valence-corrected chi connectivity index (χ0v) is 8.51. The Hall–Kier alpha value is -1.86. The minimum Gasteiger partial charge on any atom is -0.411 e. The number of hydrogen-bond acceptors (Lipinski definition) is 4. The molecule has 0 aliphatic rings. The largest absolute Gasteiger partial charge is 0.411 e. The monoisotopic (exact) mass is 203 g/mol. The lowest BCUT2D eigenvalue weighted by Crippen LogP contribution is -2.27. The molecule has 0 bridgehead atoms. The van der Waals surface area contributed by atoms with Gasteiger partial charge >= 0.3 is 0 Å². The molecular formula is C11H13N3O. The van der Waals surface area contributed by atoms with Crippen LogP contribution in [0.2, 0.25) is 0 Å². The number of oxime groups is 1. The third-order valence-electron chi connectivity index (χ3n) is 2.09. The Morgan fingerprint density at radius 3 is 2.73 bits per heavy atom. The Morgan fingerprint density at radius 2 is 2.20 bits per heavy atom. The van der Waals surface area contributed by atoms with Crippen molar-refractivity contribution in [2.75, 3.05) is 6.54 Å². The highest BCUT2D eigenvalue weighted by Gasteiger charge is 2.13. The lowest BCUT2D eigenvalue weighted by molar-refractivity contribution is 0.315. The topological polar surface area (TPSA) is 68.4 Å². The van der Waals surface area contributed by atoms with Crippen LogP contribution in [0.15, 0.2) is 35.5 Å². The van der Waals surface area contributed by atoms with Crippen LogP contribution >= 0.6 is 0 Å². The van der Waals surface area contributed by atoms with E-state index in [0.717, 1.165) is 5.56 Å². The van der Waals surface area contributed by atoms with Gasteiger partial charge in [0.05, 0.1) is 24.4 Å². The minimum atomic E-state index is -0.212. The van der Waals surface area contributed by atoms with E-state index in [1.807, 2.05) is 36.4 Å². The fourth-order valence-electron chi connectivity index (χ4n) is 1.36. The maximum Gasteiger partial charge on any atom is 0.0848 e. The Morgan fingerprint density at radius 1 is 1.53 bits per heavy atom. The summed E-state index contributed by atoms with van der Waals surface area (Å²) in [7, 11) is 0. The fourth-order valence-corrected chi connectivity index (χ4v) is 1.36. The van der Waals surface area contributed by atoms with E-state index < -0.39 is 0 Å². The summed E-state index contributed by atoms with van der Waals surface area (Å²) in [5, 5.41) is 23.4. The van der Waals surface area contributed by atoms with Crippen LogP contribution in [-0.4, -0.2) is 17.5 Å². The predicted octanol–water partition coefficient (Wildman–Crippen LogP) is 1.69.